The molecule has 0 unspecified atom stereocenters. The summed E-state index contributed by atoms with van der Waals surface area (Å²) in [6, 6.07) is -6.10. The molecule has 0 heterocycles. The molecule has 0 aromatic heterocycles. The summed E-state index contributed by atoms with van der Waals surface area (Å²) in [5, 5.41) is 22.5. The Balaban J connectivity index is 5.94. The van der Waals surface area contributed by atoms with E-state index < -0.39 is 77.7 Å². The smallest absolute Gasteiger partial charge is 0.326 e. The van der Waals surface area contributed by atoms with Crippen LogP contribution in [0, 0.1) is 11.8 Å². The SMILES string of the molecule is CC(C)C[C@H](NC(=O)[C@H](CCCCN)NC(=O)[C@H](CCCCN)NC(=O)[C@H](C)NC(=O)[C@H](C)N)C(=O)N[C@H](C(=O)O)C(C)C. The molecular formula is C29H56N8O7. The number of carboxylic acid groups (broad SMARTS) is 1. The third-order valence-electron chi connectivity index (χ3n) is 6.90. The molecule has 254 valence electrons. The monoisotopic (exact) mass is 628 g/mol. The van der Waals surface area contributed by atoms with Gasteiger partial charge >= 0.3 is 5.97 Å². The van der Waals surface area contributed by atoms with Crippen LogP contribution < -0.4 is 43.8 Å². The number of carboxylic acids is 1. The van der Waals surface area contributed by atoms with Crippen LogP contribution in [0.2, 0.25) is 0 Å². The molecule has 0 aliphatic carbocycles. The number of carbonyl (C=O) groups is 6. The molecule has 6 atom stereocenters. The van der Waals surface area contributed by atoms with Crippen molar-refractivity contribution in [1.82, 2.24) is 26.6 Å². The number of aliphatic carboxylic acids is 1. The molecule has 0 radical (unpaired) electrons. The van der Waals surface area contributed by atoms with Gasteiger partial charge in [0, 0.05) is 0 Å². The minimum absolute atomic E-state index is 0.0227. The van der Waals surface area contributed by atoms with Gasteiger partial charge < -0.3 is 48.9 Å². The number of nitrogens with one attached hydrogen (secondary N) is 5. The summed E-state index contributed by atoms with van der Waals surface area (Å²) >= 11 is 0. The highest BCUT2D eigenvalue weighted by molar-refractivity contribution is 5.96. The molecular weight excluding hydrogens is 572 g/mol. The molecule has 0 aliphatic heterocycles. The van der Waals surface area contributed by atoms with Crippen LogP contribution in [0.1, 0.15) is 86.5 Å². The molecule has 0 aliphatic rings. The largest absolute Gasteiger partial charge is 0.480 e. The van der Waals surface area contributed by atoms with Crippen LogP contribution in [0.15, 0.2) is 0 Å². The average molecular weight is 629 g/mol. The van der Waals surface area contributed by atoms with Gasteiger partial charge in [0.15, 0.2) is 0 Å². The van der Waals surface area contributed by atoms with Crippen molar-refractivity contribution in [2.75, 3.05) is 13.1 Å². The Morgan fingerprint density at radius 1 is 0.591 bits per heavy atom. The summed E-state index contributed by atoms with van der Waals surface area (Å²) in [4.78, 5) is 76.5. The van der Waals surface area contributed by atoms with Gasteiger partial charge in [-0.2, -0.15) is 0 Å². The molecule has 0 bridgehead atoms. The Kier molecular flexibility index (Phi) is 19.8. The molecule has 0 saturated carbocycles. The molecule has 0 fully saturated rings. The Labute approximate surface area is 260 Å². The van der Waals surface area contributed by atoms with Gasteiger partial charge in [0.1, 0.15) is 30.2 Å². The average Bonchev–Trinajstić information content (AvgIpc) is 2.93. The Morgan fingerprint density at radius 2 is 1.02 bits per heavy atom. The van der Waals surface area contributed by atoms with Crippen molar-refractivity contribution in [2.45, 2.75) is 123 Å². The van der Waals surface area contributed by atoms with Gasteiger partial charge in [-0.25, -0.2) is 4.79 Å². The number of rotatable bonds is 22. The standard InChI is InChI=1S/C29H56N8O7/c1-16(2)15-22(28(42)37-23(17(3)4)29(43)44)36-27(41)21(12-8-10-14-31)35-26(40)20(11-7-9-13-30)34-25(39)19(6)33-24(38)18(5)32/h16-23H,7-15,30-32H2,1-6H3,(H,33,38)(H,34,39)(H,35,40)(H,36,41)(H,37,42)(H,43,44)/t18-,19-,20-,21-,22-,23-/m0/s1. The van der Waals surface area contributed by atoms with Crippen molar-refractivity contribution in [2.24, 2.45) is 29.0 Å². The van der Waals surface area contributed by atoms with E-state index in [1.165, 1.54) is 13.8 Å². The van der Waals surface area contributed by atoms with Crippen LogP contribution >= 0.6 is 0 Å². The van der Waals surface area contributed by atoms with Gasteiger partial charge in [0.2, 0.25) is 29.5 Å². The maximum absolute atomic E-state index is 13.5. The van der Waals surface area contributed by atoms with E-state index in [9.17, 15) is 33.9 Å². The Morgan fingerprint density at radius 3 is 1.41 bits per heavy atom. The topological polar surface area (TPSA) is 261 Å². The fraction of sp³-hybridized carbons (Fsp3) is 0.793. The van der Waals surface area contributed by atoms with Crippen LogP contribution in [0.4, 0.5) is 0 Å². The predicted molar refractivity (Wildman–Crippen MR) is 167 cm³/mol. The van der Waals surface area contributed by atoms with Crippen molar-refractivity contribution in [3.05, 3.63) is 0 Å². The first-order valence-electron chi connectivity index (χ1n) is 15.5. The number of hydrogen-bond donors (Lipinski definition) is 9. The second-order valence-electron chi connectivity index (χ2n) is 12.0. The van der Waals surface area contributed by atoms with Gasteiger partial charge in [0.25, 0.3) is 0 Å². The second-order valence-corrected chi connectivity index (χ2v) is 12.0. The second kappa shape index (κ2) is 21.4. The zero-order chi connectivity index (χ0) is 34.0. The zero-order valence-corrected chi connectivity index (χ0v) is 27.1. The molecule has 44 heavy (non-hydrogen) atoms. The van der Waals surface area contributed by atoms with Gasteiger partial charge in [-0.1, -0.05) is 27.7 Å². The highest BCUT2D eigenvalue weighted by Gasteiger charge is 2.32. The summed E-state index contributed by atoms with van der Waals surface area (Å²) < 4.78 is 0. The third-order valence-corrected chi connectivity index (χ3v) is 6.90. The maximum atomic E-state index is 13.5. The fourth-order valence-corrected chi connectivity index (χ4v) is 4.25. The lowest BCUT2D eigenvalue weighted by Crippen LogP contribution is -2.59. The maximum Gasteiger partial charge on any atom is 0.326 e. The highest BCUT2D eigenvalue weighted by Crippen LogP contribution is 2.11. The summed E-state index contributed by atoms with van der Waals surface area (Å²) in [5.74, 6) is -4.64. The fourth-order valence-electron chi connectivity index (χ4n) is 4.25. The van der Waals surface area contributed by atoms with Gasteiger partial charge in [-0.3, -0.25) is 24.0 Å². The van der Waals surface area contributed by atoms with Crippen LogP contribution in [0.5, 0.6) is 0 Å². The van der Waals surface area contributed by atoms with Crippen molar-refractivity contribution in [3.8, 4) is 0 Å². The van der Waals surface area contributed by atoms with E-state index in [2.05, 4.69) is 26.6 Å². The summed E-state index contributed by atoms with van der Waals surface area (Å²) in [5.41, 5.74) is 16.8. The van der Waals surface area contributed by atoms with Crippen molar-refractivity contribution >= 4 is 35.5 Å². The van der Waals surface area contributed by atoms with E-state index in [0.29, 0.717) is 38.8 Å². The minimum atomic E-state index is -1.19. The lowest BCUT2D eigenvalue weighted by atomic mass is 9.99. The molecule has 0 saturated heterocycles. The minimum Gasteiger partial charge on any atom is -0.480 e. The number of carbonyl (C=O) groups excluding carboxylic acids is 5. The lowest BCUT2D eigenvalue weighted by molar-refractivity contribution is -0.143. The van der Waals surface area contributed by atoms with Gasteiger partial charge in [-0.15, -0.1) is 0 Å². The Bertz CT molecular complexity index is 945. The van der Waals surface area contributed by atoms with Crippen LogP contribution in [0.25, 0.3) is 0 Å². The van der Waals surface area contributed by atoms with Crippen molar-refractivity contribution in [1.29, 1.82) is 0 Å². The molecule has 0 rings (SSSR count). The van der Waals surface area contributed by atoms with E-state index in [-0.39, 0.29) is 25.2 Å². The summed E-state index contributed by atoms with van der Waals surface area (Å²) in [6.45, 7) is 10.7. The number of hydrogen-bond acceptors (Lipinski definition) is 9. The van der Waals surface area contributed by atoms with E-state index in [1.54, 1.807) is 13.8 Å². The van der Waals surface area contributed by atoms with Crippen molar-refractivity contribution < 1.29 is 33.9 Å². The molecule has 0 aromatic rings. The van der Waals surface area contributed by atoms with E-state index in [1.807, 2.05) is 13.8 Å². The molecule has 0 aromatic carbocycles. The first kappa shape index (κ1) is 40.7. The quantitative estimate of drug-likeness (QED) is 0.0648. The molecule has 5 amide bonds. The highest BCUT2D eigenvalue weighted by atomic mass is 16.4. The molecule has 12 N–H and O–H groups in total. The van der Waals surface area contributed by atoms with Gasteiger partial charge in [0.05, 0.1) is 6.04 Å². The van der Waals surface area contributed by atoms with Crippen LogP contribution in [0.3, 0.4) is 0 Å². The van der Waals surface area contributed by atoms with E-state index in [4.69, 9.17) is 17.2 Å². The number of amides is 5. The van der Waals surface area contributed by atoms with Gasteiger partial charge in [-0.05, 0) is 83.7 Å². The van der Waals surface area contributed by atoms with Crippen molar-refractivity contribution in [3.63, 3.8) is 0 Å². The third kappa shape index (κ3) is 16.0. The molecule has 15 heteroatoms. The van der Waals surface area contributed by atoms with E-state index in [0.717, 1.165) is 0 Å². The van der Waals surface area contributed by atoms with E-state index >= 15 is 0 Å². The first-order valence-corrected chi connectivity index (χ1v) is 15.5. The summed E-state index contributed by atoms with van der Waals surface area (Å²) in [6.07, 6.45) is 2.84. The lowest BCUT2D eigenvalue weighted by Gasteiger charge is -2.28. The predicted octanol–water partition coefficient (Wildman–Crippen LogP) is -1.18. The number of nitrogens with two attached hydrogens (primary N) is 3. The zero-order valence-electron chi connectivity index (χ0n) is 27.1. The molecule has 15 nitrogen and oxygen atoms in total. The normalized spacial score (nSPS) is 15.3. The summed E-state index contributed by atoms with van der Waals surface area (Å²) in [7, 11) is 0. The van der Waals surface area contributed by atoms with Crippen LogP contribution in [-0.4, -0.2) is 90.0 Å². The number of unbranched alkanes of at least 4 members (excludes halogenated alkanes) is 2. The van der Waals surface area contributed by atoms with Crippen LogP contribution in [-0.2, 0) is 28.8 Å². The molecule has 0 spiro atoms. The Hall–Kier alpha value is -3.30. The first-order chi connectivity index (χ1) is 20.5.